The van der Waals surface area contributed by atoms with Gasteiger partial charge in [-0.15, -0.1) is 0 Å². The SMILES string of the molecule is CC1(Oc2ccn[nH]2)CCNCC1. The highest BCUT2D eigenvalue weighted by Gasteiger charge is 2.28. The first-order valence-corrected chi connectivity index (χ1v) is 4.68. The molecule has 2 N–H and O–H groups in total. The normalized spacial score (nSPS) is 21.3. The van der Waals surface area contributed by atoms with Crippen LogP contribution in [-0.2, 0) is 0 Å². The average Bonchev–Trinajstić information content (AvgIpc) is 2.57. The van der Waals surface area contributed by atoms with Crippen molar-refractivity contribution in [2.24, 2.45) is 0 Å². The van der Waals surface area contributed by atoms with Gasteiger partial charge in [-0.3, -0.25) is 0 Å². The van der Waals surface area contributed by atoms with E-state index in [1.54, 1.807) is 6.20 Å². The highest BCUT2D eigenvalue weighted by atomic mass is 16.5. The molecule has 2 rings (SSSR count). The summed E-state index contributed by atoms with van der Waals surface area (Å²) in [6, 6.07) is 1.85. The van der Waals surface area contributed by atoms with Crippen molar-refractivity contribution in [2.45, 2.75) is 25.4 Å². The second kappa shape index (κ2) is 3.38. The van der Waals surface area contributed by atoms with Gasteiger partial charge in [-0.05, 0) is 32.9 Å². The number of nitrogens with zero attached hydrogens (tertiary/aromatic N) is 1. The van der Waals surface area contributed by atoms with Gasteiger partial charge in [0.05, 0.1) is 6.20 Å². The molecule has 1 aromatic rings. The van der Waals surface area contributed by atoms with E-state index in [-0.39, 0.29) is 5.60 Å². The maximum Gasteiger partial charge on any atom is 0.209 e. The number of aromatic nitrogens is 2. The molecule has 1 saturated heterocycles. The Balaban J connectivity index is 1.99. The number of nitrogens with one attached hydrogen (secondary N) is 2. The highest BCUT2D eigenvalue weighted by molar-refractivity contribution is 5.06. The lowest BCUT2D eigenvalue weighted by atomic mass is 9.95. The van der Waals surface area contributed by atoms with Gasteiger partial charge in [0, 0.05) is 6.07 Å². The molecule has 13 heavy (non-hydrogen) atoms. The van der Waals surface area contributed by atoms with Crippen molar-refractivity contribution in [3.8, 4) is 5.88 Å². The molecule has 0 unspecified atom stereocenters. The van der Waals surface area contributed by atoms with Crippen LogP contribution in [0.25, 0.3) is 0 Å². The van der Waals surface area contributed by atoms with E-state index in [1.807, 2.05) is 6.07 Å². The Labute approximate surface area is 77.7 Å². The third-order valence-electron chi connectivity index (χ3n) is 2.49. The van der Waals surface area contributed by atoms with Crippen LogP contribution >= 0.6 is 0 Å². The quantitative estimate of drug-likeness (QED) is 0.713. The van der Waals surface area contributed by atoms with Crippen molar-refractivity contribution in [2.75, 3.05) is 13.1 Å². The zero-order chi connectivity index (χ0) is 9.15. The van der Waals surface area contributed by atoms with Crippen molar-refractivity contribution >= 4 is 0 Å². The molecule has 2 heterocycles. The van der Waals surface area contributed by atoms with Crippen molar-refractivity contribution < 1.29 is 4.74 Å². The van der Waals surface area contributed by atoms with E-state index in [1.165, 1.54) is 0 Å². The summed E-state index contributed by atoms with van der Waals surface area (Å²) in [4.78, 5) is 0. The van der Waals surface area contributed by atoms with E-state index >= 15 is 0 Å². The Hall–Kier alpha value is -1.03. The van der Waals surface area contributed by atoms with E-state index in [0.29, 0.717) is 0 Å². The first-order valence-electron chi connectivity index (χ1n) is 4.68. The molecule has 0 bridgehead atoms. The zero-order valence-corrected chi connectivity index (χ0v) is 7.84. The molecule has 0 saturated carbocycles. The summed E-state index contributed by atoms with van der Waals surface area (Å²) in [7, 11) is 0. The van der Waals surface area contributed by atoms with Crippen molar-refractivity contribution in [3.63, 3.8) is 0 Å². The van der Waals surface area contributed by atoms with Gasteiger partial charge in [0.1, 0.15) is 5.60 Å². The van der Waals surface area contributed by atoms with Gasteiger partial charge in [-0.1, -0.05) is 0 Å². The molecule has 0 atom stereocenters. The standard InChI is InChI=1S/C9H15N3O/c1-9(3-6-10-7-4-9)13-8-2-5-11-12-8/h2,5,10H,3-4,6-7H2,1H3,(H,11,12). The predicted molar refractivity (Wildman–Crippen MR) is 49.7 cm³/mol. The molecule has 0 amide bonds. The van der Waals surface area contributed by atoms with Crippen LogP contribution in [0.1, 0.15) is 19.8 Å². The number of rotatable bonds is 2. The fraction of sp³-hybridized carbons (Fsp3) is 0.667. The van der Waals surface area contributed by atoms with Crippen LogP contribution in [0.2, 0.25) is 0 Å². The van der Waals surface area contributed by atoms with E-state index in [0.717, 1.165) is 31.8 Å². The largest absolute Gasteiger partial charge is 0.472 e. The minimum absolute atomic E-state index is 0.0300. The molecular formula is C9H15N3O. The summed E-state index contributed by atoms with van der Waals surface area (Å²) in [6.07, 6.45) is 3.80. The molecule has 1 aliphatic heterocycles. The molecule has 0 aromatic carbocycles. The van der Waals surface area contributed by atoms with Gasteiger partial charge < -0.3 is 10.1 Å². The number of ether oxygens (including phenoxy) is 1. The van der Waals surface area contributed by atoms with Crippen LogP contribution in [0.5, 0.6) is 5.88 Å². The van der Waals surface area contributed by atoms with E-state index in [2.05, 4.69) is 22.4 Å². The maximum absolute atomic E-state index is 5.82. The number of piperidine rings is 1. The number of hydrogen-bond acceptors (Lipinski definition) is 3. The fourth-order valence-electron chi connectivity index (χ4n) is 1.62. The van der Waals surface area contributed by atoms with Crippen LogP contribution in [-0.4, -0.2) is 28.9 Å². The fourth-order valence-corrected chi connectivity index (χ4v) is 1.62. The third-order valence-corrected chi connectivity index (χ3v) is 2.49. The number of hydrogen-bond donors (Lipinski definition) is 2. The summed E-state index contributed by atoms with van der Waals surface area (Å²) in [5.41, 5.74) is -0.0300. The van der Waals surface area contributed by atoms with Crippen LogP contribution in [0.4, 0.5) is 0 Å². The van der Waals surface area contributed by atoms with Gasteiger partial charge in [0.25, 0.3) is 0 Å². The lowest BCUT2D eigenvalue weighted by molar-refractivity contribution is 0.0507. The Morgan fingerprint density at radius 3 is 2.85 bits per heavy atom. The summed E-state index contributed by atoms with van der Waals surface area (Å²) < 4.78 is 5.82. The first kappa shape index (κ1) is 8.56. The molecule has 4 heteroatoms. The van der Waals surface area contributed by atoms with Crippen molar-refractivity contribution in [1.29, 1.82) is 0 Å². The molecule has 1 aliphatic rings. The molecule has 1 aromatic heterocycles. The Bertz CT molecular complexity index is 252. The van der Waals surface area contributed by atoms with E-state index < -0.39 is 0 Å². The summed E-state index contributed by atoms with van der Waals surface area (Å²) in [5, 5.41) is 9.98. The summed E-state index contributed by atoms with van der Waals surface area (Å²) in [6.45, 7) is 4.21. The molecule has 1 fully saturated rings. The molecule has 0 spiro atoms. The first-order chi connectivity index (χ1) is 6.29. The number of H-pyrrole nitrogens is 1. The highest BCUT2D eigenvalue weighted by Crippen LogP contribution is 2.23. The summed E-state index contributed by atoms with van der Waals surface area (Å²) in [5.74, 6) is 0.768. The van der Waals surface area contributed by atoms with Gasteiger partial charge in [0.15, 0.2) is 0 Å². The Kier molecular flexibility index (Phi) is 2.22. The van der Waals surface area contributed by atoms with Crippen LogP contribution in [0.15, 0.2) is 12.3 Å². The topological polar surface area (TPSA) is 49.9 Å². The lowest BCUT2D eigenvalue weighted by Crippen LogP contribution is -2.43. The van der Waals surface area contributed by atoms with E-state index in [9.17, 15) is 0 Å². The molecule has 0 aliphatic carbocycles. The van der Waals surface area contributed by atoms with Crippen molar-refractivity contribution in [1.82, 2.24) is 15.5 Å². The molecular weight excluding hydrogens is 166 g/mol. The zero-order valence-electron chi connectivity index (χ0n) is 7.84. The second-order valence-corrected chi connectivity index (χ2v) is 3.72. The maximum atomic E-state index is 5.82. The minimum Gasteiger partial charge on any atom is -0.472 e. The molecule has 0 radical (unpaired) electrons. The minimum atomic E-state index is -0.0300. The van der Waals surface area contributed by atoms with Crippen LogP contribution in [0, 0.1) is 0 Å². The van der Waals surface area contributed by atoms with Gasteiger partial charge >= 0.3 is 0 Å². The smallest absolute Gasteiger partial charge is 0.209 e. The third kappa shape index (κ3) is 2.01. The number of aromatic amines is 1. The average molecular weight is 181 g/mol. The predicted octanol–water partition coefficient (Wildman–Crippen LogP) is 0.931. The lowest BCUT2D eigenvalue weighted by Gasteiger charge is -2.33. The Morgan fingerprint density at radius 1 is 1.46 bits per heavy atom. The molecule has 4 nitrogen and oxygen atoms in total. The second-order valence-electron chi connectivity index (χ2n) is 3.72. The Morgan fingerprint density at radius 2 is 2.23 bits per heavy atom. The van der Waals surface area contributed by atoms with Gasteiger partial charge in [-0.25, -0.2) is 5.10 Å². The van der Waals surface area contributed by atoms with Gasteiger partial charge in [0.2, 0.25) is 5.88 Å². The van der Waals surface area contributed by atoms with E-state index in [4.69, 9.17) is 4.74 Å². The molecule has 72 valence electrons. The monoisotopic (exact) mass is 181 g/mol. The van der Waals surface area contributed by atoms with Crippen LogP contribution < -0.4 is 10.1 Å². The van der Waals surface area contributed by atoms with Crippen LogP contribution in [0.3, 0.4) is 0 Å². The van der Waals surface area contributed by atoms with Gasteiger partial charge in [-0.2, -0.15) is 5.10 Å². The van der Waals surface area contributed by atoms with Crippen molar-refractivity contribution in [3.05, 3.63) is 12.3 Å². The summed E-state index contributed by atoms with van der Waals surface area (Å²) >= 11 is 0.